The van der Waals surface area contributed by atoms with Crippen LogP contribution in [0, 0.1) is 0 Å². The number of nitrogens with two attached hydrogens (primary N) is 1. The molecule has 0 saturated heterocycles. The van der Waals surface area contributed by atoms with Crippen LogP contribution in [0.25, 0.3) is 0 Å². The first-order chi connectivity index (χ1) is 11.0. The predicted molar refractivity (Wildman–Crippen MR) is 92.2 cm³/mol. The maximum atomic E-state index is 10.8. The number of rotatable bonds is 11. The average Bonchev–Trinajstić information content (AvgIpc) is 2.53. The number of benzene rings is 1. The molecule has 0 atom stereocenters. The molecule has 0 aliphatic heterocycles. The summed E-state index contributed by atoms with van der Waals surface area (Å²) >= 11 is 6.21. The minimum absolute atomic E-state index is 0.239. The third-order valence-corrected chi connectivity index (χ3v) is 3.76. The molecule has 0 fully saturated rings. The van der Waals surface area contributed by atoms with E-state index < -0.39 is 5.91 Å². The molecule has 6 nitrogen and oxygen atoms in total. The first-order valence-electron chi connectivity index (χ1n) is 7.72. The Morgan fingerprint density at radius 2 is 2.04 bits per heavy atom. The third-order valence-electron chi connectivity index (χ3n) is 3.48. The van der Waals surface area contributed by atoms with Crippen molar-refractivity contribution < 1.29 is 14.3 Å². The van der Waals surface area contributed by atoms with Crippen molar-refractivity contribution in [2.24, 2.45) is 5.73 Å². The standard InChI is InChI=1S/C16H26ClN3O3/c1-4-20(5-2)7-6-19-10-12-8-13(17)16(14(9-12)22-3)23-11-15(18)21/h8-9,19H,4-7,10-11H2,1-3H3,(H2,18,21). The van der Waals surface area contributed by atoms with E-state index in [-0.39, 0.29) is 6.61 Å². The third kappa shape index (κ3) is 6.64. The highest BCUT2D eigenvalue weighted by Gasteiger charge is 2.13. The second kappa shape index (κ2) is 10.3. The van der Waals surface area contributed by atoms with Crippen LogP contribution in [-0.4, -0.2) is 50.7 Å². The van der Waals surface area contributed by atoms with Gasteiger partial charge in [-0.25, -0.2) is 0 Å². The fourth-order valence-corrected chi connectivity index (χ4v) is 2.46. The van der Waals surface area contributed by atoms with E-state index in [4.69, 9.17) is 26.8 Å². The summed E-state index contributed by atoms with van der Waals surface area (Å²) in [6.45, 7) is 8.72. The number of ether oxygens (including phenoxy) is 2. The van der Waals surface area contributed by atoms with E-state index in [1.165, 1.54) is 7.11 Å². The Labute approximate surface area is 142 Å². The minimum atomic E-state index is -0.565. The Morgan fingerprint density at radius 3 is 2.61 bits per heavy atom. The fourth-order valence-electron chi connectivity index (χ4n) is 2.17. The molecule has 1 aromatic carbocycles. The van der Waals surface area contributed by atoms with Crippen LogP contribution >= 0.6 is 11.6 Å². The highest BCUT2D eigenvalue weighted by molar-refractivity contribution is 6.32. The van der Waals surface area contributed by atoms with Crippen LogP contribution in [0.1, 0.15) is 19.4 Å². The zero-order valence-electron chi connectivity index (χ0n) is 14.0. The molecule has 0 aliphatic carbocycles. The Kier molecular flexibility index (Phi) is 8.76. The van der Waals surface area contributed by atoms with Crippen molar-refractivity contribution in [3.05, 3.63) is 22.7 Å². The number of carbonyl (C=O) groups is 1. The number of likely N-dealkylation sites (N-methyl/N-ethyl adjacent to an activating group) is 1. The van der Waals surface area contributed by atoms with Crippen molar-refractivity contribution in [3.8, 4) is 11.5 Å². The van der Waals surface area contributed by atoms with Crippen molar-refractivity contribution in [1.29, 1.82) is 0 Å². The lowest BCUT2D eigenvalue weighted by atomic mass is 10.2. The van der Waals surface area contributed by atoms with Gasteiger partial charge in [0.25, 0.3) is 5.91 Å². The van der Waals surface area contributed by atoms with E-state index in [1.54, 1.807) is 6.07 Å². The van der Waals surface area contributed by atoms with Crippen molar-refractivity contribution in [2.45, 2.75) is 20.4 Å². The molecular weight excluding hydrogens is 318 g/mol. The van der Waals surface area contributed by atoms with Crippen molar-refractivity contribution in [2.75, 3.05) is 39.9 Å². The van der Waals surface area contributed by atoms with Gasteiger partial charge in [-0.1, -0.05) is 25.4 Å². The molecule has 0 radical (unpaired) electrons. The molecule has 0 bridgehead atoms. The lowest BCUT2D eigenvalue weighted by Crippen LogP contribution is -2.31. The highest BCUT2D eigenvalue weighted by Crippen LogP contribution is 2.36. The summed E-state index contributed by atoms with van der Waals surface area (Å²) in [6, 6.07) is 3.64. The molecule has 0 unspecified atom stereocenters. The lowest BCUT2D eigenvalue weighted by Gasteiger charge is -2.18. The SMILES string of the molecule is CCN(CC)CCNCc1cc(Cl)c(OCC(N)=O)c(OC)c1. The van der Waals surface area contributed by atoms with Crippen LogP contribution in [0.3, 0.4) is 0 Å². The van der Waals surface area contributed by atoms with E-state index in [0.717, 1.165) is 31.7 Å². The molecule has 3 N–H and O–H groups in total. The van der Waals surface area contributed by atoms with Crippen LogP contribution in [0.5, 0.6) is 11.5 Å². The molecule has 0 aliphatic rings. The Hall–Kier alpha value is -1.50. The second-order valence-corrected chi connectivity index (χ2v) is 5.47. The maximum absolute atomic E-state index is 10.8. The molecule has 130 valence electrons. The zero-order chi connectivity index (χ0) is 17.2. The molecule has 0 aromatic heterocycles. The van der Waals surface area contributed by atoms with Gasteiger partial charge in [0, 0.05) is 19.6 Å². The first kappa shape index (κ1) is 19.5. The van der Waals surface area contributed by atoms with Gasteiger partial charge in [0.05, 0.1) is 12.1 Å². The number of halogens is 1. The minimum Gasteiger partial charge on any atom is -0.493 e. The number of carbonyl (C=O) groups excluding carboxylic acids is 1. The summed E-state index contributed by atoms with van der Waals surface area (Å²) in [7, 11) is 1.53. The summed E-state index contributed by atoms with van der Waals surface area (Å²) in [5.41, 5.74) is 6.06. The summed E-state index contributed by atoms with van der Waals surface area (Å²) in [4.78, 5) is 13.2. The molecular formula is C16H26ClN3O3. The Bertz CT molecular complexity index is 508. The van der Waals surface area contributed by atoms with Crippen LogP contribution in [0.15, 0.2) is 12.1 Å². The molecule has 0 heterocycles. The maximum Gasteiger partial charge on any atom is 0.255 e. The van der Waals surface area contributed by atoms with E-state index >= 15 is 0 Å². The van der Waals surface area contributed by atoms with E-state index in [1.807, 2.05) is 6.07 Å². The van der Waals surface area contributed by atoms with Crippen molar-refractivity contribution in [1.82, 2.24) is 10.2 Å². The monoisotopic (exact) mass is 343 g/mol. The smallest absolute Gasteiger partial charge is 0.255 e. The van der Waals surface area contributed by atoms with Gasteiger partial charge in [-0.15, -0.1) is 0 Å². The van der Waals surface area contributed by atoms with E-state index in [0.29, 0.717) is 23.1 Å². The lowest BCUT2D eigenvalue weighted by molar-refractivity contribution is -0.119. The Balaban J connectivity index is 2.63. The summed E-state index contributed by atoms with van der Waals surface area (Å²) in [6.07, 6.45) is 0. The number of nitrogens with zero attached hydrogens (tertiary/aromatic N) is 1. The quantitative estimate of drug-likeness (QED) is 0.597. The number of primary amides is 1. The number of amides is 1. The van der Waals surface area contributed by atoms with Gasteiger partial charge in [-0.2, -0.15) is 0 Å². The van der Waals surface area contributed by atoms with Gasteiger partial charge in [-0.05, 0) is 30.8 Å². The van der Waals surface area contributed by atoms with Gasteiger partial charge in [-0.3, -0.25) is 4.79 Å². The van der Waals surface area contributed by atoms with Gasteiger partial charge >= 0.3 is 0 Å². The first-order valence-corrected chi connectivity index (χ1v) is 8.10. The topological polar surface area (TPSA) is 76.8 Å². The number of hydrogen-bond donors (Lipinski definition) is 2. The van der Waals surface area contributed by atoms with E-state index in [2.05, 4.69) is 24.1 Å². The highest BCUT2D eigenvalue weighted by atomic mass is 35.5. The molecule has 23 heavy (non-hydrogen) atoms. The van der Waals surface area contributed by atoms with Crippen LogP contribution in [0.4, 0.5) is 0 Å². The second-order valence-electron chi connectivity index (χ2n) is 5.07. The van der Waals surface area contributed by atoms with Crippen molar-refractivity contribution in [3.63, 3.8) is 0 Å². The molecule has 0 spiro atoms. The van der Waals surface area contributed by atoms with Crippen molar-refractivity contribution >= 4 is 17.5 Å². The molecule has 1 amide bonds. The number of nitrogens with one attached hydrogen (secondary N) is 1. The molecule has 7 heteroatoms. The summed E-state index contributed by atoms with van der Waals surface area (Å²) < 4.78 is 10.6. The van der Waals surface area contributed by atoms with Gasteiger partial charge < -0.3 is 25.4 Å². The predicted octanol–water partition coefficient (Wildman–Crippen LogP) is 1.64. The average molecular weight is 344 g/mol. The Morgan fingerprint density at radius 1 is 1.35 bits per heavy atom. The van der Waals surface area contributed by atoms with Crippen LogP contribution in [-0.2, 0) is 11.3 Å². The number of hydrogen-bond acceptors (Lipinski definition) is 5. The van der Waals surface area contributed by atoms with Gasteiger partial charge in [0.15, 0.2) is 18.1 Å². The van der Waals surface area contributed by atoms with Gasteiger partial charge in [0.2, 0.25) is 0 Å². The van der Waals surface area contributed by atoms with Crippen LogP contribution in [0.2, 0.25) is 5.02 Å². The summed E-state index contributed by atoms with van der Waals surface area (Å²) in [5, 5.41) is 3.77. The normalized spacial score (nSPS) is 10.8. The van der Waals surface area contributed by atoms with Crippen LogP contribution < -0.4 is 20.5 Å². The largest absolute Gasteiger partial charge is 0.493 e. The molecule has 0 saturated carbocycles. The molecule has 1 rings (SSSR count). The summed E-state index contributed by atoms with van der Waals surface area (Å²) in [5.74, 6) is 0.254. The van der Waals surface area contributed by atoms with E-state index in [9.17, 15) is 4.79 Å². The zero-order valence-corrected chi connectivity index (χ0v) is 14.8. The fraction of sp³-hybridized carbons (Fsp3) is 0.562. The number of methoxy groups -OCH3 is 1. The van der Waals surface area contributed by atoms with Gasteiger partial charge in [0.1, 0.15) is 0 Å². The molecule has 1 aromatic rings.